The molecule has 0 bridgehead atoms. The molecule has 6 aromatic heterocycles. The standard InChI is InChI=1S/2C32H37BrClN7.C18H28N6.C14H10BrCl2N/c2*1-39(2)13-5-12-35-32-27-6-3-4-7-28(27)37-29(38-32)21-40-14-16-41(17-15-40)31-26-11-10-25(34)19-22(26)8-9-23-18-24(33)20-36-30(23)31;1-23(2)11-5-8-20-18-15-6-3-4-7-16(15)21-17(22-18)14-24-12-9-19-10-13-24;15-10-5-9-2-1-8-6-11(16)3-4-12(8)13(17)14(9)18-7-10/h2*3-4,6-7,10-11,18-20,31H,5,8-9,12-17,21H2,1-2H3,(H,35,37,38);3-4,6-7,19H,5,8-14H2,1-2H3,(H,20,21,22);3-7,13H,1-2H2. The molecule has 28 heteroatoms. The van der Waals surface area contributed by atoms with Crippen LogP contribution in [0.3, 0.4) is 0 Å². The maximum absolute atomic E-state index is 6.57. The number of pyridine rings is 3. The molecule has 3 fully saturated rings. The quantitative estimate of drug-likeness (QED) is 0.0349. The molecule has 6 aromatic carbocycles. The molecule has 3 aliphatic heterocycles. The van der Waals surface area contributed by atoms with E-state index < -0.39 is 0 Å². The molecule has 9 heterocycles. The van der Waals surface area contributed by atoms with Crippen LogP contribution in [-0.2, 0) is 58.2 Å². The molecule has 18 rings (SSSR count). The number of alkyl halides is 1. The molecule has 21 nitrogen and oxygen atoms in total. The van der Waals surface area contributed by atoms with E-state index in [-0.39, 0.29) is 17.5 Å². The predicted octanol–water partition coefficient (Wildman–Crippen LogP) is 17.9. The number of halogens is 7. The second-order valence-corrected chi connectivity index (χ2v) is 38.2. The minimum atomic E-state index is -0.192. The molecular formula is C96H112Br3Cl4N21. The number of piperazine rings is 3. The van der Waals surface area contributed by atoms with E-state index in [4.69, 9.17) is 86.3 Å². The molecule has 3 aliphatic carbocycles. The summed E-state index contributed by atoms with van der Waals surface area (Å²) in [5, 5.41) is 19.5. The second-order valence-electron chi connectivity index (χ2n) is 33.7. The van der Waals surface area contributed by atoms with E-state index in [9.17, 15) is 0 Å². The van der Waals surface area contributed by atoms with Gasteiger partial charge in [-0.25, -0.2) is 29.9 Å². The molecule has 0 spiro atoms. The Morgan fingerprint density at radius 3 is 1.05 bits per heavy atom. The highest BCUT2D eigenvalue weighted by Crippen LogP contribution is 2.42. The van der Waals surface area contributed by atoms with Gasteiger partial charge in [-0.15, -0.1) is 11.6 Å². The van der Waals surface area contributed by atoms with E-state index in [1.807, 2.05) is 54.9 Å². The monoisotopic (exact) mass is 1940 g/mol. The lowest BCUT2D eigenvalue weighted by Crippen LogP contribution is -2.47. The first kappa shape index (κ1) is 91.2. The Kier molecular flexibility index (Phi) is 32.3. The summed E-state index contributed by atoms with van der Waals surface area (Å²) >= 11 is 36.2. The van der Waals surface area contributed by atoms with E-state index in [0.29, 0.717) is 0 Å². The van der Waals surface area contributed by atoms with Crippen molar-refractivity contribution in [3.63, 3.8) is 0 Å². The Balaban J connectivity index is 0.000000134. The van der Waals surface area contributed by atoms with Gasteiger partial charge >= 0.3 is 0 Å². The SMILES string of the molecule is CN(C)CCCNc1nc(CN2CCN(C3c4ccc(Cl)cc4CCc4cc(Br)cnc43)CC2)nc2ccccc12.CN(C)CCCNc1nc(CN2CCN(C3c4ccc(Cl)cc4CCc4cc(Br)cnc43)CC2)nc2ccccc12.CN(C)CCCNc1nc(CN2CCNCC2)nc2ccccc12.Clc1ccc2c(c1)CCc1cc(Br)cnc1C2Cl. The molecule has 3 atom stereocenters. The number of aryl methyl sites for hydroxylation is 6. The smallest absolute Gasteiger partial charge is 0.145 e. The summed E-state index contributed by atoms with van der Waals surface area (Å²) in [4.78, 5) is 63.0. The highest BCUT2D eigenvalue weighted by Gasteiger charge is 2.36. The third-order valence-electron chi connectivity index (χ3n) is 23.9. The molecule has 3 saturated heterocycles. The van der Waals surface area contributed by atoms with Crippen LogP contribution in [0, 0.1) is 0 Å². The summed E-state index contributed by atoms with van der Waals surface area (Å²) in [6.45, 7) is 20.0. The van der Waals surface area contributed by atoms with E-state index in [0.717, 1.165) is 303 Å². The summed E-state index contributed by atoms with van der Waals surface area (Å²) in [6, 6.07) is 50.4. The van der Waals surface area contributed by atoms with E-state index in [1.165, 1.54) is 55.9 Å². The van der Waals surface area contributed by atoms with Crippen LogP contribution in [0.2, 0.25) is 15.1 Å². The van der Waals surface area contributed by atoms with Gasteiger partial charge < -0.3 is 36.0 Å². The number of hydrogen-bond donors (Lipinski definition) is 4. The van der Waals surface area contributed by atoms with Gasteiger partial charge in [-0.3, -0.25) is 39.5 Å². The molecule has 6 aliphatic rings. The minimum absolute atomic E-state index is 0.130. The summed E-state index contributed by atoms with van der Waals surface area (Å²) < 4.78 is 3.06. The zero-order valence-electron chi connectivity index (χ0n) is 71.8. The Labute approximate surface area is 775 Å². The molecule has 0 radical (unpaired) electrons. The Bertz CT molecular complexity index is 5220. The zero-order valence-corrected chi connectivity index (χ0v) is 79.6. The van der Waals surface area contributed by atoms with E-state index in [1.54, 1.807) is 6.20 Å². The highest BCUT2D eigenvalue weighted by atomic mass is 79.9. The van der Waals surface area contributed by atoms with Crippen molar-refractivity contribution in [2.24, 2.45) is 0 Å². The Morgan fingerprint density at radius 1 is 0.371 bits per heavy atom. The van der Waals surface area contributed by atoms with Crippen molar-refractivity contribution in [3.8, 4) is 0 Å². The summed E-state index contributed by atoms with van der Waals surface area (Å²) in [7, 11) is 12.6. The predicted molar refractivity (Wildman–Crippen MR) is 519 cm³/mol. The van der Waals surface area contributed by atoms with Gasteiger partial charge in [0.25, 0.3) is 0 Å². The number of hydrogen-bond acceptors (Lipinski definition) is 21. The van der Waals surface area contributed by atoms with Crippen LogP contribution >= 0.6 is 94.2 Å². The maximum atomic E-state index is 6.57. The maximum Gasteiger partial charge on any atom is 0.145 e. The van der Waals surface area contributed by atoms with Gasteiger partial charge in [-0.2, -0.15) is 0 Å². The average Bonchev–Trinajstić information content (AvgIpc) is 1.62. The Hall–Kier alpha value is -7.57. The first-order valence-electron chi connectivity index (χ1n) is 43.5. The summed E-state index contributed by atoms with van der Waals surface area (Å²) in [5.41, 5.74) is 17.8. The number of fused-ring (bicyclic) bond motifs is 9. The molecule has 650 valence electrons. The lowest BCUT2D eigenvalue weighted by Gasteiger charge is -2.39. The number of nitrogens with one attached hydrogen (secondary N) is 4. The van der Waals surface area contributed by atoms with Crippen LogP contribution in [0.25, 0.3) is 32.7 Å². The van der Waals surface area contributed by atoms with Crippen molar-refractivity contribution >= 4 is 144 Å². The van der Waals surface area contributed by atoms with Crippen molar-refractivity contribution < 1.29 is 0 Å². The van der Waals surface area contributed by atoms with Crippen molar-refractivity contribution in [2.75, 3.05) is 176 Å². The number of benzene rings is 6. The third-order valence-corrected chi connectivity index (χ3v) is 26.3. The molecule has 0 saturated carbocycles. The van der Waals surface area contributed by atoms with Crippen LogP contribution < -0.4 is 21.3 Å². The fourth-order valence-electron chi connectivity index (χ4n) is 17.6. The van der Waals surface area contributed by atoms with Gasteiger partial charge in [-0.1, -0.05) is 89.4 Å². The first-order valence-corrected chi connectivity index (χ1v) is 47.4. The average molecular weight is 1940 g/mol. The van der Waals surface area contributed by atoms with Crippen LogP contribution in [-0.4, -0.2) is 244 Å². The fraction of sp³-hybridized carbons (Fsp3) is 0.406. The number of aromatic nitrogens is 9. The molecular weight excluding hydrogens is 1830 g/mol. The topological polar surface area (TPSA) is 190 Å². The molecule has 124 heavy (non-hydrogen) atoms. The number of rotatable bonds is 23. The van der Waals surface area contributed by atoms with E-state index in [2.05, 4.69) is 259 Å². The first-order chi connectivity index (χ1) is 60.2. The van der Waals surface area contributed by atoms with Gasteiger partial charge in [0.1, 0.15) is 40.3 Å². The van der Waals surface area contributed by atoms with Crippen molar-refractivity contribution in [1.29, 1.82) is 0 Å². The van der Waals surface area contributed by atoms with Gasteiger partial charge in [0.2, 0.25) is 0 Å². The lowest BCUT2D eigenvalue weighted by molar-refractivity contribution is 0.101. The van der Waals surface area contributed by atoms with Crippen molar-refractivity contribution in [2.45, 2.75) is 94.9 Å². The van der Waals surface area contributed by atoms with Gasteiger partial charge in [0, 0.05) is 161 Å². The van der Waals surface area contributed by atoms with Gasteiger partial charge in [0.15, 0.2) is 0 Å². The van der Waals surface area contributed by atoms with Crippen LogP contribution in [0.1, 0.15) is 121 Å². The molecule has 4 N–H and O–H groups in total. The van der Waals surface area contributed by atoms with Crippen molar-refractivity contribution in [1.82, 2.24) is 89.4 Å². The second kappa shape index (κ2) is 44.0. The molecule has 3 unspecified atom stereocenters. The highest BCUT2D eigenvalue weighted by molar-refractivity contribution is 9.11. The Morgan fingerprint density at radius 2 is 0.685 bits per heavy atom. The number of anilines is 3. The number of para-hydroxylation sites is 3. The molecule has 0 amide bonds. The van der Waals surface area contributed by atoms with Gasteiger partial charge in [-0.05, 0) is 309 Å². The number of nitrogens with zero attached hydrogens (tertiary/aromatic N) is 17. The van der Waals surface area contributed by atoms with Crippen molar-refractivity contribution in [3.05, 3.63) is 277 Å². The van der Waals surface area contributed by atoms with E-state index >= 15 is 0 Å². The zero-order chi connectivity index (χ0) is 86.2. The summed E-state index contributed by atoms with van der Waals surface area (Å²) in [5.74, 6) is 5.49. The lowest BCUT2D eigenvalue weighted by atomic mass is 9.96. The fourth-order valence-corrected chi connectivity index (χ4v) is 19.7. The van der Waals surface area contributed by atoms with Crippen LogP contribution in [0.15, 0.2) is 178 Å². The summed E-state index contributed by atoms with van der Waals surface area (Å²) in [6.07, 6.45) is 14.7. The largest absolute Gasteiger partial charge is 0.369 e. The minimum Gasteiger partial charge on any atom is -0.369 e. The third kappa shape index (κ3) is 24.0. The molecule has 12 aromatic rings. The van der Waals surface area contributed by atoms with Gasteiger partial charge in [0.05, 0.1) is 65.3 Å². The normalized spacial score (nSPS) is 17.5. The van der Waals surface area contributed by atoms with Crippen LogP contribution in [0.4, 0.5) is 17.5 Å². The van der Waals surface area contributed by atoms with Crippen LogP contribution in [0.5, 0.6) is 0 Å².